The van der Waals surface area contributed by atoms with E-state index in [-0.39, 0.29) is 17.9 Å². The molecule has 2 aromatic heterocycles. The quantitative estimate of drug-likeness (QED) is 0.432. The third-order valence-electron chi connectivity index (χ3n) is 6.76. The summed E-state index contributed by atoms with van der Waals surface area (Å²) in [5, 5.41) is 4.07. The third kappa shape index (κ3) is 6.02. The van der Waals surface area contributed by atoms with E-state index in [0.29, 0.717) is 36.7 Å². The van der Waals surface area contributed by atoms with Crippen molar-refractivity contribution in [1.82, 2.24) is 20.1 Å². The Hall–Kier alpha value is -3.24. The predicted octanol–water partition coefficient (Wildman–Crippen LogP) is 5.00. The molecule has 5 rings (SSSR count). The zero-order chi connectivity index (χ0) is 26.0. The minimum absolute atomic E-state index is 0.0365. The molecule has 3 aromatic rings. The van der Waals surface area contributed by atoms with E-state index in [1.54, 1.807) is 0 Å². The minimum Gasteiger partial charge on any atom is -0.474 e. The number of benzene rings is 1. The molecule has 0 bridgehead atoms. The van der Waals surface area contributed by atoms with Crippen LogP contribution < -0.4 is 14.4 Å². The van der Waals surface area contributed by atoms with E-state index in [1.165, 1.54) is 6.33 Å². The van der Waals surface area contributed by atoms with Crippen LogP contribution in [-0.2, 0) is 9.47 Å². The van der Waals surface area contributed by atoms with Crippen molar-refractivity contribution < 1.29 is 23.5 Å². The van der Waals surface area contributed by atoms with Gasteiger partial charge in [0.2, 0.25) is 11.8 Å². The Morgan fingerprint density at radius 2 is 1.68 bits per heavy atom. The van der Waals surface area contributed by atoms with Crippen molar-refractivity contribution in [2.75, 3.05) is 31.2 Å². The van der Waals surface area contributed by atoms with Gasteiger partial charge in [-0.05, 0) is 38.5 Å². The van der Waals surface area contributed by atoms with Crippen LogP contribution in [0.1, 0.15) is 69.3 Å². The van der Waals surface area contributed by atoms with Crippen molar-refractivity contribution in [3.63, 3.8) is 0 Å². The zero-order valence-electron chi connectivity index (χ0n) is 22.1. The van der Waals surface area contributed by atoms with Gasteiger partial charge in [-0.15, -0.1) is 0 Å². The Morgan fingerprint density at radius 1 is 1.00 bits per heavy atom. The normalized spacial score (nSPS) is 18.8. The molecule has 0 radical (unpaired) electrons. The van der Waals surface area contributed by atoms with Crippen molar-refractivity contribution in [3.8, 4) is 17.5 Å². The van der Waals surface area contributed by atoms with Crippen LogP contribution >= 0.6 is 0 Å². The monoisotopic (exact) mass is 509 g/mol. The molecule has 2 saturated heterocycles. The molecule has 0 N–H and O–H groups in total. The van der Waals surface area contributed by atoms with E-state index in [0.717, 1.165) is 42.9 Å². The second kappa shape index (κ2) is 10.6. The van der Waals surface area contributed by atoms with E-state index < -0.39 is 5.79 Å². The lowest BCUT2D eigenvalue weighted by atomic mass is 10.00. The van der Waals surface area contributed by atoms with Crippen molar-refractivity contribution in [3.05, 3.63) is 47.5 Å². The first-order valence-electron chi connectivity index (χ1n) is 12.9. The summed E-state index contributed by atoms with van der Waals surface area (Å²) in [6.45, 7) is 12.7. The average molecular weight is 510 g/mol. The fourth-order valence-electron chi connectivity index (χ4n) is 4.36. The van der Waals surface area contributed by atoms with Crippen LogP contribution in [0.2, 0.25) is 0 Å². The molecule has 2 aliphatic rings. The van der Waals surface area contributed by atoms with Crippen LogP contribution in [0.5, 0.6) is 17.5 Å². The number of anilines is 1. The van der Waals surface area contributed by atoms with Crippen LogP contribution in [0.3, 0.4) is 0 Å². The highest BCUT2D eigenvalue weighted by molar-refractivity contribution is 5.38. The van der Waals surface area contributed by atoms with Crippen LogP contribution in [0.25, 0.3) is 0 Å². The van der Waals surface area contributed by atoms with Crippen molar-refractivity contribution in [2.45, 2.75) is 71.2 Å². The van der Waals surface area contributed by atoms with Crippen molar-refractivity contribution >= 4 is 6.01 Å². The van der Waals surface area contributed by atoms with Crippen LogP contribution in [0.4, 0.5) is 6.01 Å². The molecule has 37 heavy (non-hydrogen) atoms. The summed E-state index contributed by atoms with van der Waals surface area (Å²) in [5.74, 6) is 2.37. The van der Waals surface area contributed by atoms with Crippen molar-refractivity contribution in [2.24, 2.45) is 0 Å². The maximum Gasteiger partial charge on any atom is 0.324 e. The van der Waals surface area contributed by atoms with E-state index >= 15 is 0 Å². The van der Waals surface area contributed by atoms with Crippen molar-refractivity contribution in [1.29, 1.82) is 0 Å². The molecule has 1 aromatic carbocycles. The molecule has 198 valence electrons. The number of ether oxygens (including phenoxy) is 4. The molecule has 0 atom stereocenters. The van der Waals surface area contributed by atoms with Gasteiger partial charge in [0.1, 0.15) is 18.2 Å². The number of piperidine rings is 1. The summed E-state index contributed by atoms with van der Waals surface area (Å²) in [6, 6.07) is 8.54. The third-order valence-corrected chi connectivity index (χ3v) is 6.76. The average Bonchev–Trinajstić information content (AvgIpc) is 3.38. The molecular weight excluding hydrogens is 474 g/mol. The maximum absolute atomic E-state index is 6.26. The van der Waals surface area contributed by atoms with Gasteiger partial charge in [0.15, 0.2) is 11.6 Å². The van der Waals surface area contributed by atoms with Gasteiger partial charge >= 0.3 is 6.01 Å². The molecule has 0 aliphatic carbocycles. The van der Waals surface area contributed by atoms with E-state index in [4.69, 9.17) is 23.5 Å². The highest BCUT2D eigenvalue weighted by Crippen LogP contribution is 2.32. The minimum atomic E-state index is -0.521. The van der Waals surface area contributed by atoms with Crippen LogP contribution in [-0.4, -0.2) is 58.3 Å². The summed E-state index contributed by atoms with van der Waals surface area (Å²) >= 11 is 0. The smallest absolute Gasteiger partial charge is 0.324 e. The Kier molecular flexibility index (Phi) is 7.30. The SMILES string of the molecule is Cc1c(Oc2ccc(C3COC(C)(C)OC3)cc2)ncnc1OC1CCN(c2nc(C(C)C)no2)CC1. The number of hydrogen-bond acceptors (Lipinski definition) is 10. The molecule has 0 saturated carbocycles. The van der Waals surface area contributed by atoms with Crippen LogP contribution in [0, 0.1) is 6.92 Å². The van der Waals surface area contributed by atoms with Gasteiger partial charge < -0.3 is 28.4 Å². The molecule has 0 spiro atoms. The Bertz CT molecular complexity index is 1180. The molecule has 10 heteroatoms. The predicted molar refractivity (Wildman–Crippen MR) is 136 cm³/mol. The van der Waals surface area contributed by atoms with Gasteiger partial charge in [-0.3, -0.25) is 0 Å². The summed E-state index contributed by atoms with van der Waals surface area (Å²) in [6.07, 6.45) is 3.17. The second-order valence-electron chi connectivity index (χ2n) is 10.4. The van der Waals surface area contributed by atoms with Gasteiger partial charge in [0, 0.05) is 37.8 Å². The second-order valence-corrected chi connectivity index (χ2v) is 10.4. The fourth-order valence-corrected chi connectivity index (χ4v) is 4.36. The zero-order valence-corrected chi connectivity index (χ0v) is 22.1. The first-order chi connectivity index (χ1) is 17.8. The molecule has 0 unspecified atom stereocenters. The van der Waals surface area contributed by atoms with E-state index in [2.05, 4.69) is 38.9 Å². The number of aromatic nitrogens is 4. The van der Waals surface area contributed by atoms with Crippen LogP contribution in [0.15, 0.2) is 35.1 Å². The molecule has 10 nitrogen and oxygen atoms in total. The fraction of sp³-hybridized carbons (Fsp3) is 0.556. The lowest BCUT2D eigenvalue weighted by molar-refractivity contribution is -0.251. The first kappa shape index (κ1) is 25.4. The van der Waals surface area contributed by atoms with Gasteiger partial charge in [-0.1, -0.05) is 31.1 Å². The first-order valence-corrected chi connectivity index (χ1v) is 12.9. The Morgan fingerprint density at radius 3 is 2.32 bits per heavy atom. The highest BCUT2D eigenvalue weighted by Gasteiger charge is 2.29. The van der Waals surface area contributed by atoms with E-state index in [1.807, 2.05) is 45.0 Å². The summed E-state index contributed by atoms with van der Waals surface area (Å²) in [4.78, 5) is 15.3. The van der Waals surface area contributed by atoms with E-state index in [9.17, 15) is 0 Å². The summed E-state index contributed by atoms with van der Waals surface area (Å²) < 4.78 is 29.4. The Labute approximate surface area is 217 Å². The van der Waals surface area contributed by atoms with Gasteiger partial charge in [0.25, 0.3) is 0 Å². The van der Waals surface area contributed by atoms with Gasteiger partial charge in [-0.25, -0.2) is 9.97 Å². The molecule has 0 amide bonds. The largest absolute Gasteiger partial charge is 0.474 e. The Balaban J connectivity index is 1.17. The number of nitrogens with zero attached hydrogens (tertiary/aromatic N) is 5. The molecule has 2 fully saturated rings. The van der Waals surface area contributed by atoms with Gasteiger partial charge in [0.05, 0.1) is 18.8 Å². The topological polar surface area (TPSA) is 105 Å². The van der Waals surface area contributed by atoms with Gasteiger partial charge in [-0.2, -0.15) is 4.98 Å². The summed E-state index contributed by atoms with van der Waals surface area (Å²) in [5.41, 5.74) is 1.92. The maximum atomic E-state index is 6.26. The molecular formula is C27H35N5O5. The molecule has 4 heterocycles. The molecule has 2 aliphatic heterocycles. The standard InChI is InChI=1S/C27H35N5O5/c1-17(2)23-30-26(37-31-23)32-12-10-22(11-13-32)36-25-18(3)24(28-16-29-25)35-21-8-6-19(7-9-21)20-14-33-27(4,5)34-15-20/h6-9,16-17,20,22H,10-15H2,1-5H3. The number of rotatable bonds is 7. The number of hydrogen-bond donors (Lipinski definition) is 0. The lowest BCUT2D eigenvalue weighted by Gasteiger charge is -2.35. The lowest BCUT2D eigenvalue weighted by Crippen LogP contribution is -2.38. The highest BCUT2D eigenvalue weighted by atomic mass is 16.7. The summed E-state index contributed by atoms with van der Waals surface area (Å²) in [7, 11) is 0.